The van der Waals surface area contributed by atoms with Crippen molar-refractivity contribution in [2.75, 3.05) is 18.0 Å². The summed E-state index contributed by atoms with van der Waals surface area (Å²) in [4.78, 5) is 37.8. The SMILES string of the molecule is CCc1[nH]c(C(=O)N[C@H]2CCN(c3nc(C)c(C(=O)O)s3)C[C@H]2OC(C)C)nc1Cl. The Bertz CT molecular complexity index is 928. The van der Waals surface area contributed by atoms with Gasteiger partial charge in [0.25, 0.3) is 5.91 Å². The maximum Gasteiger partial charge on any atom is 0.347 e. The highest BCUT2D eigenvalue weighted by molar-refractivity contribution is 7.17. The summed E-state index contributed by atoms with van der Waals surface area (Å²) in [5, 5.41) is 13.3. The predicted octanol–water partition coefficient (Wildman–Crippen LogP) is 2.89. The number of hydrogen-bond donors (Lipinski definition) is 3. The minimum absolute atomic E-state index is 0.0354. The third-order valence-electron chi connectivity index (χ3n) is 4.87. The van der Waals surface area contributed by atoms with Gasteiger partial charge in [-0.05, 0) is 33.6 Å². The number of carboxylic acids is 1. The number of thiazole rings is 1. The van der Waals surface area contributed by atoms with Crippen LogP contribution in [0, 0.1) is 6.92 Å². The van der Waals surface area contributed by atoms with E-state index in [0.717, 1.165) is 17.0 Å². The fourth-order valence-electron chi connectivity index (χ4n) is 3.43. The zero-order valence-electron chi connectivity index (χ0n) is 17.4. The Hall–Kier alpha value is -2.17. The van der Waals surface area contributed by atoms with Crippen LogP contribution in [0.15, 0.2) is 0 Å². The zero-order valence-corrected chi connectivity index (χ0v) is 18.9. The molecule has 9 nitrogen and oxygen atoms in total. The van der Waals surface area contributed by atoms with Crippen molar-refractivity contribution < 1.29 is 19.4 Å². The first-order chi connectivity index (χ1) is 14.2. The summed E-state index contributed by atoms with van der Waals surface area (Å²) in [6, 6.07) is -0.217. The second-order valence-electron chi connectivity index (χ2n) is 7.46. The fourth-order valence-corrected chi connectivity index (χ4v) is 4.63. The number of aromatic carboxylic acids is 1. The van der Waals surface area contributed by atoms with Gasteiger partial charge in [-0.3, -0.25) is 4.79 Å². The molecule has 2 aromatic heterocycles. The zero-order chi connectivity index (χ0) is 22.0. The van der Waals surface area contributed by atoms with Crippen LogP contribution in [-0.4, -0.2) is 63.3 Å². The molecule has 2 atom stereocenters. The van der Waals surface area contributed by atoms with E-state index in [4.69, 9.17) is 16.3 Å². The van der Waals surface area contributed by atoms with Crippen LogP contribution in [0.2, 0.25) is 5.15 Å². The van der Waals surface area contributed by atoms with Gasteiger partial charge in [-0.25, -0.2) is 14.8 Å². The molecule has 30 heavy (non-hydrogen) atoms. The Balaban J connectivity index is 1.73. The van der Waals surface area contributed by atoms with Gasteiger partial charge in [0.15, 0.2) is 16.1 Å². The monoisotopic (exact) mass is 455 g/mol. The molecule has 0 radical (unpaired) electrons. The lowest BCUT2D eigenvalue weighted by Gasteiger charge is -2.39. The number of imidazole rings is 1. The number of aryl methyl sites for hydroxylation is 2. The second kappa shape index (κ2) is 9.32. The average Bonchev–Trinajstić information content (AvgIpc) is 3.25. The van der Waals surface area contributed by atoms with Crippen molar-refractivity contribution in [1.29, 1.82) is 0 Å². The van der Waals surface area contributed by atoms with E-state index in [1.165, 1.54) is 0 Å². The number of aromatic nitrogens is 3. The number of carboxylic acid groups (broad SMARTS) is 1. The molecule has 0 unspecified atom stereocenters. The van der Waals surface area contributed by atoms with Crippen LogP contribution in [0.25, 0.3) is 0 Å². The van der Waals surface area contributed by atoms with E-state index in [0.29, 0.717) is 41.9 Å². The summed E-state index contributed by atoms with van der Waals surface area (Å²) in [6.45, 7) is 8.61. The summed E-state index contributed by atoms with van der Waals surface area (Å²) in [5.74, 6) is -1.12. The number of nitrogens with one attached hydrogen (secondary N) is 2. The Kier molecular flexibility index (Phi) is 6.99. The number of rotatable bonds is 7. The molecule has 2 aromatic rings. The molecule has 3 N–H and O–H groups in total. The van der Waals surface area contributed by atoms with Crippen LogP contribution in [0.4, 0.5) is 5.13 Å². The number of aromatic amines is 1. The van der Waals surface area contributed by atoms with Gasteiger partial charge in [-0.15, -0.1) is 0 Å². The van der Waals surface area contributed by atoms with Gasteiger partial charge in [0.2, 0.25) is 0 Å². The third kappa shape index (κ3) is 4.93. The molecule has 1 saturated heterocycles. The molecule has 164 valence electrons. The van der Waals surface area contributed by atoms with Crippen LogP contribution in [-0.2, 0) is 11.2 Å². The van der Waals surface area contributed by atoms with Crippen LogP contribution in [0.5, 0.6) is 0 Å². The van der Waals surface area contributed by atoms with Gasteiger partial charge >= 0.3 is 5.97 Å². The highest BCUT2D eigenvalue weighted by Gasteiger charge is 2.34. The van der Waals surface area contributed by atoms with Crippen molar-refractivity contribution in [2.24, 2.45) is 0 Å². The number of piperidine rings is 1. The first-order valence-electron chi connectivity index (χ1n) is 9.85. The topological polar surface area (TPSA) is 120 Å². The summed E-state index contributed by atoms with van der Waals surface area (Å²) < 4.78 is 6.07. The van der Waals surface area contributed by atoms with E-state index >= 15 is 0 Å². The maximum absolute atomic E-state index is 12.7. The Morgan fingerprint density at radius 3 is 2.73 bits per heavy atom. The molecule has 0 aromatic carbocycles. The largest absolute Gasteiger partial charge is 0.477 e. The average molecular weight is 456 g/mol. The normalized spacial score (nSPS) is 19.3. The number of H-pyrrole nitrogens is 1. The first-order valence-corrected chi connectivity index (χ1v) is 11.0. The molecule has 0 bridgehead atoms. The highest BCUT2D eigenvalue weighted by atomic mass is 35.5. The lowest BCUT2D eigenvalue weighted by Crippen LogP contribution is -2.56. The van der Waals surface area contributed by atoms with E-state index in [-0.39, 0.29) is 34.9 Å². The van der Waals surface area contributed by atoms with Crippen molar-refractivity contribution in [3.63, 3.8) is 0 Å². The Morgan fingerprint density at radius 1 is 1.43 bits per heavy atom. The lowest BCUT2D eigenvalue weighted by atomic mass is 10.0. The maximum atomic E-state index is 12.7. The van der Waals surface area contributed by atoms with Gasteiger partial charge in [-0.2, -0.15) is 0 Å². The molecule has 0 aliphatic carbocycles. The standard InChI is InChI=1S/C19H26ClN5O4S/c1-5-11-15(20)24-16(22-11)17(26)23-12-6-7-25(8-13(12)29-9(2)3)19-21-10(4)14(30-19)18(27)28/h9,12-13H,5-8H2,1-4H3,(H,22,24)(H,23,26)(H,27,28)/t12-,13+/m0/s1. The molecule has 0 saturated carbocycles. The van der Waals surface area contributed by atoms with Gasteiger partial charge in [0.1, 0.15) is 4.88 Å². The van der Waals surface area contributed by atoms with E-state index in [9.17, 15) is 14.7 Å². The Labute approximate surface area is 183 Å². The van der Waals surface area contributed by atoms with Crippen molar-refractivity contribution in [2.45, 2.75) is 58.8 Å². The lowest BCUT2D eigenvalue weighted by molar-refractivity contribution is -0.0167. The third-order valence-corrected chi connectivity index (χ3v) is 6.39. The van der Waals surface area contributed by atoms with Crippen molar-refractivity contribution >= 4 is 39.9 Å². The molecular weight excluding hydrogens is 430 g/mol. The summed E-state index contributed by atoms with van der Waals surface area (Å²) in [6.07, 6.45) is 0.962. The highest BCUT2D eigenvalue weighted by Crippen LogP contribution is 2.29. The van der Waals surface area contributed by atoms with Crippen molar-refractivity contribution in [1.82, 2.24) is 20.3 Å². The number of carbonyl (C=O) groups is 2. The minimum atomic E-state index is -0.975. The smallest absolute Gasteiger partial charge is 0.347 e. The summed E-state index contributed by atoms with van der Waals surface area (Å²) in [5.41, 5.74) is 1.22. The van der Waals surface area contributed by atoms with Gasteiger partial charge in [0.05, 0.1) is 29.6 Å². The predicted molar refractivity (Wildman–Crippen MR) is 115 cm³/mol. The number of hydrogen-bond acceptors (Lipinski definition) is 7. The molecule has 11 heteroatoms. The molecular formula is C19H26ClN5O4S. The number of anilines is 1. The van der Waals surface area contributed by atoms with E-state index in [2.05, 4.69) is 20.3 Å². The molecule has 0 spiro atoms. The molecule has 3 heterocycles. The summed E-state index contributed by atoms with van der Waals surface area (Å²) in [7, 11) is 0. The molecule has 1 aliphatic heterocycles. The van der Waals surface area contributed by atoms with Gasteiger partial charge in [-0.1, -0.05) is 29.9 Å². The molecule has 1 aliphatic rings. The summed E-state index contributed by atoms with van der Waals surface area (Å²) >= 11 is 7.21. The number of amides is 1. The van der Waals surface area contributed by atoms with E-state index < -0.39 is 5.97 Å². The number of ether oxygens (including phenoxy) is 1. The van der Waals surface area contributed by atoms with Gasteiger partial charge in [0, 0.05) is 13.1 Å². The number of nitrogens with zero attached hydrogens (tertiary/aromatic N) is 3. The van der Waals surface area contributed by atoms with Crippen LogP contribution >= 0.6 is 22.9 Å². The molecule has 3 rings (SSSR count). The van der Waals surface area contributed by atoms with Crippen LogP contribution < -0.4 is 10.2 Å². The van der Waals surface area contributed by atoms with Crippen LogP contribution in [0.1, 0.15) is 58.9 Å². The second-order valence-corrected chi connectivity index (χ2v) is 8.80. The molecule has 1 amide bonds. The Morgan fingerprint density at radius 2 is 2.17 bits per heavy atom. The quantitative estimate of drug-likeness (QED) is 0.586. The number of carbonyl (C=O) groups excluding carboxylic acids is 1. The first kappa shape index (κ1) is 22.5. The van der Waals surface area contributed by atoms with Crippen molar-refractivity contribution in [3.8, 4) is 0 Å². The van der Waals surface area contributed by atoms with E-state index in [1.54, 1.807) is 6.92 Å². The van der Waals surface area contributed by atoms with Crippen molar-refractivity contribution in [3.05, 3.63) is 27.2 Å². The molecule has 1 fully saturated rings. The minimum Gasteiger partial charge on any atom is -0.477 e. The number of halogens is 1. The van der Waals surface area contributed by atoms with E-state index in [1.807, 2.05) is 25.7 Å². The fraction of sp³-hybridized carbons (Fsp3) is 0.579. The van der Waals surface area contributed by atoms with Gasteiger partial charge < -0.3 is 25.0 Å². The van der Waals surface area contributed by atoms with Crippen LogP contribution in [0.3, 0.4) is 0 Å².